The van der Waals surface area contributed by atoms with Gasteiger partial charge in [-0.15, -0.1) is 0 Å². The summed E-state index contributed by atoms with van der Waals surface area (Å²) in [7, 11) is 0. The van der Waals surface area contributed by atoms with Crippen molar-refractivity contribution in [2.24, 2.45) is 0 Å². The number of benzene rings is 2. The molecule has 3 rings (SSSR count). The van der Waals surface area contributed by atoms with Crippen LogP contribution >= 0.6 is 0 Å². The molecule has 1 saturated heterocycles. The Balaban J connectivity index is 1.35. The highest BCUT2D eigenvalue weighted by atomic mass is 16.5. The molecule has 2 N–H and O–H groups in total. The van der Waals surface area contributed by atoms with Crippen LogP contribution in [0.4, 0.5) is 0 Å². The second-order valence-electron chi connectivity index (χ2n) is 7.36. The van der Waals surface area contributed by atoms with Gasteiger partial charge in [0.05, 0.1) is 12.5 Å². The van der Waals surface area contributed by atoms with Crippen molar-refractivity contribution in [2.45, 2.75) is 31.4 Å². The molecule has 1 heterocycles. The standard InChI is InChI=1S/C23H27N3O3/c24-13-10-18-6-8-22(9-7-18)29-17-21(27)16-26-14-11-20(12-15-26)25-23(28)19-4-2-1-3-5-19/h1-9,20-21,27H,10-12,14-17H2,(H,25,28)/t21-/m1/s1. The summed E-state index contributed by atoms with van der Waals surface area (Å²) in [4.78, 5) is 14.5. The molecule has 0 spiro atoms. The number of rotatable bonds is 8. The van der Waals surface area contributed by atoms with Crippen molar-refractivity contribution in [1.82, 2.24) is 10.2 Å². The number of carbonyl (C=O) groups is 1. The predicted octanol–water partition coefficient (Wildman–Crippen LogP) is 2.39. The molecule has 0 saturated carbocycles. The summed E-state index contributed by atoms with van der Waals surface area (Å²) < 4.78 is 5.65. The maximum absolute atomic E-state index is 12.3. The molecule has 0 bridgehead atoms. The molecule has 2 aromatic carbocycles. The number of amides is 1. The van der Waals surface area contributed by atoms with E-state index in [0.29, 0.717) is 24.3 Å². The molecule has 0 unspecified atom stereocenters. The third-order valence-electron chi connectivity index (χ3n) is 5.08. The Morgan fingerprint density at radius 3 is 2.52 bits per heavy atom. The lowest BCUT2D eigenvalue weighted by molar-refractivity contribution is 0.0568. The van der Waals surface area contributed by atoms with E-state index in [0.717, 1.165) is 31.5 Å². The smallest absolute Gasteiger partial charge is 0.251 e. The van der Waals surface area contributed by atoms with Crippen LogP contribution in [0.25, 0.3) is 0 Å². The molecule has 1 atom stereocenters. The Kier molecular flexibility index (Phi) is 7.62. The molecule has 1 fully saturated rings. The van der Waals surface area contributed by atoms with Crippen molar-refractivity contribution < 1.29 is 14.6 Å². The van der Waals surface area contributed by atoms with E-state index in [1.807, 2.05) is 54.6 Å². The van der Waals surface area contributed by atoms with Crippen LogP contribution in [0.3, 0.4) is 0 Å². The zero-order valence-corrected chi connectivity index (χ0v) is 16.5. The van der Waals surface area contributed by atoms with Gasteiger partial charge in [-0.3, -0.25) is 4.79 Å². The van der Waals surface area contributed by atoms with E-state index in [1.54, 1.807) is 0 Å². The molecule has 2 aromatic rings. The number of hydrogen-bond acceptors (Lipinski definition) is 5. The number of aliphatic hydroxyl groups is 1. The summed E-state index contributed by atoms with van der Waals surface area (Å²) in [6.07, 6.45) is 1.54. The number of likely N-dealkylation sites (tertiary alicyclic amines) is 1. The van der Waals surface area contributed by atoms with Crippen molar-refractivity contribution >= 4 is 5.91 Å². The lowest BCUT2D eigenvalue weighted by Crippen LogP contribution is -2.47. The summed E-state index contributed by atoms with van der Waals surface area (Å²) in [5, 5.41) is 22.1. The van der Waals surface area contributed by atoms with Crippen molar-refractivity contribution in [3.63, 3.8) is 0 Å². The SMILES string of the molecule is N#CCc1ccc(OC[C@H](O)CN2CCC(NC(=O)c3ccccc3)CC2)cc1. The Labute approximate surface area is 171 Å². The number of hydrogen-bond donors (Lipinski definition) is 2. The lowest BCUT2D eigenvalue weighted by Gasteiger charge is -2.33. The molecule has 152 valence electrons. The molecule has 6 heteroatoms. The lowest BCUT2D eigenvalue weighted by atomic mass is 10.0. The van der Waals surface area contributed by atoms with Crippen LogP contribution in [0.15, 0.2) is 54.6 Å². The van der Waals surface area contributed by atoms with Gasteiger partial charge < -0.3 is 20.1 Å². The number of piperidine rings is 1. The first-order valence-electron chi connectivity index (χ1n) is 9.99. The van der Waals surface area contributed by atoms with E-state index in [4.69, 9.17) is 10.00 Å². The highest BCUT2D eigenvalue weighted by molar-refractivity contribution is 5.94. The third kappa shape index (κ3) is 6.60. The van der Waals surface area contributed by atoms with E-state index in [2.05, 4.69) is 16.3 Å². The zero-order chi connectivity index (χ0) is 20.5. The molecular formula is C23H27N3O3. The molecule has 0 radical (unpaired) electrons. The second-order valence-corrected chi connectivity index (χ2v) is 7.36. The van der Waals surface area contributed by atoms with Gasteiger partial charge in [0, 0.05) is 31.2 Å². The molecule has 1 aliphatic heterocycles. The van der Waals surface area contributed by atoms with Gasteiger partial charge in [-0.05, 0) is 42.7 Å². The maximum atomic E-state index is 12.3. The van der Waals surface area contributed by atoms with Crippen LogP contribution in [-0.2, 0) is 6.42 Å². The number of nitrogens with zero attached hydrogens (tertiary/aromatic N) is 2. The van der Waals surface area contributed by atoms with Gasteiger partial charge in [0.1, 0.15) is 18.5 Å². The monoisotopic (exact) mass is 393 g/mol. The molecule has 1 amide bonds. The van der Waals surface area contributed by atoms with Gasteiger partial charge in [-0.2, -0.15) is 5.26 Å². The summed E-state index contributed by atoms with van der Waals surface area (Å²) in [5.74, 6) is 0.659. The van der Waals surface area contributed by atoms with Crippen LogP contribution in [0.2, 0.25) is 0 Å². The van der Waals surface area contributed by atoms with Crippen LogP contribution in [-0.4, -0.2) is 54.3 Å². The minimum atomic E-state index is -0.579. The first-order chi connectivity index (χ1) is 14.1. The van der Waals surface area contributed by atoms with Crippen LogP contribution < -0.4 is 10.1 Å². The summed E-state index contributed by atoms with van der Waals surface area (Å²) in [6.45, 7) is 2.44. The van der Waals surface area contributed by atoms with Crippen molar-refractivity contribution in [1.29, 1.82) is 5.26 Å². The quantitative estimate of drug-likeness (QED) is 0.719. The van der Waals surface area contributed by atoms with Gasteiger partial charge in [0.15, 0.2) is 0 Å². The number of aliphatic hydroxyl groups excluding tert-OH is 1. The fourth-order valence-electron chi connectivity index (χ4n) is 3.46. The molecule has 6 nitrogen and oxygen atoms in total. The number of ether oxygens (including phenoxy) is 1. The molecule has 1 aliphatic rings. The summed E-state index contributed by atoms with van der Waals surface area (Å²) >= 11 is 0. The Morgan fingerprint density at radius 2 is 1.86 bits per heavy atom. The first-order valence-corrected chi connectivity index (χ1v) is 9.99. The number of nitrogens with one attached hydrogen (secondary N) is 1. The fourth-order valence-corrected chi connectivity index (χ4v) is 3.46. The van der Waals surface area contributed by atoms with E-state index in [-0.39, 0.29) is 18.6 Å². The van der Waals surface area contributed by atoms with Gasteiger partial charge >= 0.3 is 0 Å². The average molecular weight is 393 g/mol. The highest BCUT2D eigenvalue weighted by Gasteiger charge is 2.22. The normalized spacial score (nSPS) is 16.0. The molecule has 0 aromatic heterocycles. The largest absolute Gasteiger partial charge is 0.491 e. The highest BCUT2D eigenvalue weighted by Crippen LogP contribution is 2.14. The summed E-state index contributed by atoms with van der Waals surface area (Å²) in [5.41, 5.74) is 1.63. The number of nitriles is 1. The van der Waals surface area contributed by atoms with Crippen molar-refractivity contribution in [2.75, 3.05) is 26.2 Å². The van der Waals surface area contributed by atoms with E-state index >= 15 is 0 Å². The van der Waals surface area contributed by atoms with Crippen LogP contribution in [0.5, 0.6) is 5.75 Å². The van der Waals surface area contributed by atoms with Crippen LogP contribution in [0.1, 0.15) is 28.8 Å². The molecule has 29 heavy (non-hydrogen) atoms. The number of carbonyl (C=O) groups excluding carboxylic acids is 1. The second kappa shape index (κ2) is 10.6. The van der Waals surface area contributed by atoms with E-state index in [1.165, 1.54) is 0 Å². The predicted molar refractivity (Wildman–Crippen MR) is 111 cm³/mol. The van der Waals surface area contributed by atoms with Gasteiger partial charge in [-0.25, -0.2) is 0 Å². The van der Waals surface area contributed by atoms with E-state index < -0.39 is 6.10 Å². The fraction of sp³-hybridized carbons (Fsp3) is 0.391. The van der Waals surface area contributed by atoms with Gasteiger partial charge in [0.2, 0.25) is 0 Å². The van der Waals surface area contributed by atoms with Crippen LogP contribution in [0, 0.1) is 11.3 Å². The van der Waals surface area contributed by atoms with E-state index in [9.17, 15) is 9.90 Å². The molecular weight excluding hydrogens is 366 g/mol. The Morgan fingerprint density at radius 1 is 1.17 bits per heavy atom. The van der Waals surface area contributed by atoms with Crippen molar-refractivity contribution in [3.8, 4) is 11.8 Å². The maximum Gasteiger partial charge on any atom is 0.251 e. The first kappa shape index (κ1) is 20.8. The Bertz CT molecular complexity index is 810. The molecule has 0 aliphatic carbocycles. The summed E-state index contributed by atoms with van der Waals surface area (Å²) in [6, 6.07) is 18.9. The minimum absolute atomic E-state index is 0.0294. The third-order valence-corrected chi connectivity index (χ3v) is 5.08. The van der Waals surface area contributed by atoms with Gasteiger partial charge in [-0.1, -0.05) is 30.3 Å². The number of β-amino-alcohol motifs (C(OH)–C–C–N with tert-alkyl or cyclic N) is 1. The van der Waals surface area contributed by atoms with Gasteiger partial charge in [0.25, 0.3) is 5.91 Å². The Hall–Kier alpha value is -2.88. The van der Waals surface area contributed by atoms with Crippen molar-refractivity contribution in [3.05, 3.63) is 65.7 Å². The zero-order valence-electron chi connectivity index (χ0n) is 16.5. The minimum Gasteiger partial charge on any atom is -0.491 e. The average Bonchev–Trinajstić information content (AvgIpc) is 2.75. The topological polar surface area (TPSA) is 85.6 Å².